The summed E-state index contributed by atoms with van der Waals surface area (Å²) in [6, 6.07) is 0. The number of rotatable bonds is 6. The van der Waals surface area contributed by atoms with Gasteiger partial charge < -0.3 is 14.0 Å². The maximum absolute atomic E-state index is 5.23. The highest BCUT2D eigenvalue weighted by Crippen LogP contribution is 1.97. The Morgan fingerprint density at radius 1 is 1.54 bits per heavy atom. The highest BCUT2D eigenvalue weighted by atomic mass is 16.5. The normalized spacial score (nSPS) is 10.6. The summed E-state index contributed by atoms with van der Waals surface area (Å²) in [6.07, 6.45) is 1.69. The molecule has 5 heteroatoms. The van der Waals surface area contributed by atoms with Crippen LogP contribution in [0, 0.1) is 0 Å². The van der Waals surface area contributed by atoms with Gasteiger partial charge in [0.25, 0.3) is 0 Å². The van der Waals surface area contributed by atoms with Crippen LogP contribution in [0.5, 0.6) is 0 Å². The van der Waals surface area contributed by atoms with Crippen LogP contribution in [0.15, 0.2) is 6.33 Å². The van der Waals surface area contributed by atoms with Crippen molar-refractivity contribution in [3.8, 4) is 0 Å². The molecule has 1 aromatic heterocycles. The summed E-state index contributed by atoms with van der Waals surface area (Å²) in [5, 5.41) is 7.74. The smallest absolute Gasteiger partial charge is 0.158 e. The van der Waals surface area contributed by atoms with E-state index < -0.39 is 0 Å². The van der Waals surface area contributed by atoms with E-state index in [9.17, 15) is 0 Å². The quantitative estimate of drug-likeness (QED) is 0.646. The van der Waals surface area contributed by atoms with Crippen molar-refractivity contribution in [2.75, 3.05) is 20.3 Å². The Morgan fingerprint density at radius 2 is 2.38 bits per heavy atom. The van der Waals surface area contributed by atoms with Crippen molar-refractivity contribution in [2.45, 2.75) is 20.1 Å². The molecule has 1 aromatic rings. The van der Waals surface area contributed by atoms with Crippen LogP contribution >= 0.6 is 0 Å². The molecule has 0 atom stereocenters. The van der Waals surface area contributed by atoms with Gasteiger partial charge in [0.15, 0.2) is 5.82 Å². The second-order valence-corrected chi connectivity index (χ2v) is 2.57. The first-order chi connectivity index (χ1) is 6.38. The minimum atomic E-state index is 0.514. The summed E-state index contributed by atoms with van der Waals surface area (Å²) in [5.74, 6) is 0.846. The van der Waals surface area contributed by atoms with E-state index in [0.717, 1.165) is 12.4 Å². The van der Waals surface area contributed by atoms with Crippen molar-refractivity contribution in [1.82, 2.24) is 14.8 Å². The molecule has 0 saturated heterocycles. The molecule has 0 aliphatic heterocycles. The van der Waals surface area contributed by atoms with E-state index >= 15 is 0 Å². The minimum Gasteiger partial charge on any atom is -0.383 e. The van der Waals surface area contributed by atoms with Crippen LogP contribution in [0.3, 0.4) is 0 Å². The average molecular weight is 185 g/mol. The fourth-order valence-electron chi connectivity index (χ4n) is 0.960. The Labute approximate surface area is 77.7 Å². The second-order valence-electron chi connectivity index (χ2n) is 2.57. The van der Waals surface area contributed by atoms with Gasteiger partial charge in [-0.15, -0.1) is 10.2 Å². The molecule has 1 rings (SSSR count). The summed E-state index contributed by atoms with van der Waals surface area (Å²) < 4.78 is 12.1. The average Bonchev–Trinajstić information content (AvgIpc) is 2.59. The lowest BCUT2D eigenvalue weighted by Gasteiger charge is -2.04. The van der Waals surface area contributed by atoms with E-state index in [1.807, 2.05) is 11.5 Å². The number of ether oxygens (including phenoxy) is 2. The molecule has 0 unspecified atom stereocenters. The Kier molecular flexibility index (Phi) is 4.42. The van der Waals surface area contributed by atoms with Gasteiger partial charge in [0.2, 0.25) is 0 Å². The molecule has 0 aliphatic rings. The largest absolute Gasteiger partial charge is 0.383 e. The predicted octanol–water partition coefficient (Wildman–Crippen LogP) is 0.461. The molecule has 5 nitrogen and oxygen atoms in total. The van der Waals surface area contributed by atoms with Crippen LogP contribution in [0.25, 0.3) is 0 Å². The van der Waals surface area contributed by atoms with E-state index in [2.05, 4.69) is 10.2 Å². The minimum absolute atomic E-state index is 0.514. The van der Waals surface area contributed by atoms with E-state index in [1.165, 1.54) is 0 Å². The lowest BCUT2D eigenvalue weighted by atomic mass is 10.6. The first kappa shape index (κ1) is 10.1. The van der Waals surface area contributed by atoms with Crippen LogP contribution in [0.1, 0.15) is 12.7 Å². The van der Waals surface area contributed by atoms with Crippen molar-refractivity contribution in [3.63, 3.8) is 0 Å². The zero-order chi connectivity index (χ0) is 9.52. The molecule has 0 aliphatic carbocycles. The summed E-state index contributed by atoms with van der Waals surface area (Å²) >= 11 is 0. The van der Waals surface area contributed by atoms with Crippen molar-refractivity contribution < 1.29 is 9.47 Å². The van der Waals surface area contributed by atoms with Gasteiger partial charge in [-0.2, -0.15) is 0 Å². The lowest BCUT2D eigenvalue weighted by Crippen LogP contribution is -2.08. The van der Waals surface area contributed by atoms with Gasteiger partial charge >= 0.3 is 0 Å². The number of hydrogen-bond acceptors (Lipinski definition) is 4. The van der Waals surface area contributed by atoms with Crippen LogP contribution in [0.2, 0.25) is 0 Å². The first-order valence-corrected chi connectivity index (χ1v) is 4.31. The molecule has 0 amide bonds. The van der Waals surface area contributed by atoms with E-state index in [-0.39, 0.29) is 0 Å². The topological polar surface area (TPSA) is 49.2 Å². The van der Waals surface area contributed by atoms with E-state index in [1.54, 1.807) is 13.4 Å². The molecule has 0 fully saturated rings. The third-order valence-electron chi connectivity index (χ3n) is 1.67. The highest BCUT2D eigenvalue weighted by molar-refractivity contribution is 4.82. The van der Waals surface area contributed by atoms with Crippen LogP contribution in [-0.4, -0.2) is 35.1 Å². The van der Waals surface area contributed by atoms with E-state index in [0.29, 0.717) is 19.8 Å². The molecule has 13 heavy (non-hydrogen) atoms. The molecule has 0 radical (unpaired) electrons. The van der Waals surface area contributed by atoms with Crippen molar-refractivity contribution >= 4 is 0 Å². The van der Waals surface area contributed by atoms with Gasteiger partial charge in [-0.25, -0.2) is 0 Å². The SMILES string of the molecule is CCOCc1nncn1CCOC. The summed E-state index contributed by atoms with van der Waals surface area (Å²) in [4.78, 5) is 0. The van der Waals surface area contributed by atoms with Gasteiger partial charge in [-0.3, -0.25) is 0 Å². The van der Waals surface area contributed by atoms with Crippen molar-refractivity contribution in [1.29, 1.82) is 0 Å². The highest BCUT2D eigenvalue weighted by Gasteiger charge is 2.02. The predicted molar refractivity (Wildman–Crippen MR) is 47.2 cm³/mol. The maximum Gasteiger partial charge on any atom is 0.158 e. The van der Waals surface area contributed by atoms with Crippen molar-refractivity contribution in [3.05, 3.63) is 12.2 Å². The molecule has 0 N–H and O–H groups in total. The van der Waals surface area contributed by atoms with Crippen LogP contribution < -0.4 is 0 Å². The van der Waals surface area contributed by atoms with Crippen LogP contribution in [0.4, 0.5) is 0 Å². The number of nitrogens with zero attached hydrogens (tertiary/aromatic N) is 3. The Morgan fingerprint density at radius 3 is 3.08 bits per heavy atom. The number of aromatic nitrogens is 3. The maximum atomic E-state index is 5.23. The fourth-order valence-corrected chi connectivity index (χ4v) is 0.960. The van der Waals surface area contributed by atoms with Gasteiger partial charge in [-0.1, -0.05) is 0 Å². The summed E-state index contributed by atoms with van der Waals surface area (Å²) in [7, 11) is 1.67. The first-order valence-electron chi connectivity index (χ1n) is 4.31. The lowest BCUT2D eigenvalue weighted by molar-refractivity contribution is 0.122. The molecule has 0 aromatic carbocycles. The zero-order valence-electron chi connectivity index (χ0n) is 8.06. The molecule has 0 bridgehead atoms. The Bertz CT molecular complexity index is 215. The monoisotopic (exact) mass is 185 g/mol. The van der Waals surface area contributed by atoms with Crippen LogP contribution in [-0.2, 0) is 22.6 Å². The summed E-state index contributed by atoms with van der Waals surface area (Å²) in [6.45, 7) is 4.59. The molecule has 74 valence electrons. The molecule has 1 heterocycles. The molecule has 0 saturated carbocycles. The third-order valence-corrected chi connectivity index (χ3v) is 1.67. The van der Waals surface area contributed by atoms with Gasteiger partial charge in [0.1, 0.15) is 12.9 Å². The number of methoxy groups -OCH3 is 1. The molecular weight excluding hydrogens is 170 g/mol. The fraction of sp³-hybridized carbons (Fsp3) is 0.750. The Hall–Kier alpha value is -0.940. The third kappa shape index (κ3) is 3.12. The van der Waals surface area contributed by atoms with Gasteiger partial charge in [0, 0.05) is 20.3 Å². The molecular formula is C8H15N3O2. The van der Waals surface area contributed by atoms with Gasteiger partial charge in [0.05, 0.1) is 6.61 Å². The number of hydrogen-bond donors (Lipinski definition) is 0. The Balaban J connectivity index is 2.45. The van der Waals surface area contributed by atoms with Crippen molar-refractivity contribution in [2.24, 2.45) is 0 Å². The van der Waals surface area contributed by atoms with Gasteiger partial charge in [-0.05, 0) is 6.92 Å². The zero-order valence-corrected chi connectivity index (χ0v) is 8.06. The molecule has 0 spiro atoms. The van der Waals surface area contributed by atoms with E-state index in [4.69, 9.17) is 9.47 Å². The standard InChI is InChI=1S/C8H15N3O2/c1-3-13-6-8-10-9-7-11(8)4-5-12-2/h7H,3-6H2,1-2H3. The second kappa shape index (κ2) is 5.66. The summed E-state index contributed by atoms with van der Waals surface area (Å²) in [5.41, 5.74) is 0.